The zero-order chi connectivity index (χ0) is 21.5. The third kappa shape index (κ3) is 5.60. The maximum Gasteiger partial charge on any atom is 0.309 e. The number of hydrogen-bond donors (Lipinski definition) is 0. The molecular formula is C25H27NO4. The number of benzene rings is 2. The number of esters is 1. The standard InChI is InChI=1S/C25H27NO4/c1-18-9-11-22(12-10-18)29-14-13-25(28)30-17-24(27)23-15-19(2)26(20(23)3)16-21-7-5-4-6-8-21/h4-12,15H,13-14,16-17H2,1-3H3. The number of carbonyl (C=O) groups is 2. The van der Waals surface area contributed by atoms with Crippen molar-refractivity contribution >= 4 is 11.8 Å². The van der Waals surface area contributed by atoms with E-state index in [0.29, 0.717) is 17.9 Å². The molecule has 0 aliphatic rings. The summed E-state index contributed by atoms with van der Waals surface area (Å²) in [5.41, 5.74) is 4.77. The van der Waals surface area contributed by atoms with E-state index in [1.165, 1.54) is 5.56 Å². The molecule has 1 aromatic heterocycles. The fraction of sp³-hybridized carbons (Fsp3) is 0.280. The highest BCUT2D eigenvalue weighted by Crippen LogP contribution is 2.18. The molecule has 2 aromatic carbocycles. The number of Topliss-reactive ketones (excluding diaryl/α,β-unsaturated/α-hetero) is 1. The van der Waals surface area contributed by atoms with Gasteiger partial charge < -0.3 is 14.0 Å². The van der Waals surface area contributed by atoms with Crippen molar-refractivity contribution in [3.8, 4) is 5.75 Å². The molecule has 3 aromatic rings. The first-order valence-corrected chi connectivity index (χ1v) is 10.0. The minimum Gasteiger partial charge on any atom is -0.493 e. The van der Waals surface area contributed by atoms with Crippen LogP contribution in [0.2, 0.25) is 0 Å². The summed E-state index contributed by atoms with van der Waals surface area (Å²) < 4.78 is 12.8. The van der Waals surface area contributed by atoms with Crippen LogP contribution in [-0.4, -0.2) is 29.5 Å². The molecule has 0 aliphatic heterocycles. The molecule has 0 fully saturated rings. The minimum absolute atomic E-state index is 0.0915. The molecule has 0 spiro atoms. The number of carbonyl (C=O) groups excluding carboxylic acids is 2. The van der Waals surface area contributed by atoms with E-state index in [1.54, 1.807) is 0 Å². The molecule has 0 amide bonds. The average Bonchev–Trinajstić information content (AvgIpc) is 3.02. The Morgan fingerprint density at radius 3 is 2.33 bits per heavy atom. The van der Waals surface area contributed by atoms with Crippen molar-refractivity contribution in [1.29, 1.82) is 0 Å². The van der Waals surface area contributed by atoms with Crippen molar-refractivity contribution in [1.82, 2.24) is 4.57 Å². The van der Waals surface area contributed by atoms with Crippen molar-refractivity contribution < 1.29 is 19.1 Å². The maximum atomic E-state index is 12.6. The Labute approximate surface area is 177 Å². The van der Waals surface area contributed by atoms with E-state index in [0.717, 1.165) is 17.0 Å². The van der Waals surface area contributed by atoms with Crippen LogP contribution in [0.3, 0.4) is 0 Å². The van der Waals surface area contributed by atoms with Crippen LogP contribution >= 0.6 is 0 Å². The zero-order valence-electron chi connectivity index (χ0n) is 17.7. The van der Waals surface area contributed by atoms with Gasteiger partial charge in [-0.25, -0.2) is 0 Å². The van der Waals surface area contributed by atoms with Crippen LogP contribution in [0.1, 0.15) is 39.3 Å². The average molecular weight is 405 g/mol. The van der Waals surface area contributed by atoms with Gasteiger partial charge in [-0.2, -0.15) is 0 Å². The van der Waals surface area contributed by atoms with E-state index < -0.39 is 5.97 Å². The summed E-state index contributed by atoms with van der Waals surface area (Å²) in [5.74, 6) is 0.0547. The second-order valence-electron chi connectivity index (χ2n) is 7.35. The molecule has 0 bridgehead atoms. The van der Waals surface area contributed by atoms with E-state index in [2.05, 4.69) is 16.7 Å². The van der Waals surface area contributed by atoms with Crippen LogP contribution in [0, 0.1) is 20.8 Å². The van der Waals surface area contributed by atoms with Gasteiger partial charge in [0.1, 0.15) is 5.75 Å². The number of rotatable bonds is 9. The quantitative estimate of drug-likeness (QED) is 0.384. The van der Waals surface area contributed by atoms with Crippen molar-refractivity contribution in [2.75, 3.05) is 13.2 Å². The third-order valence-electron chi connectivity index (χ3n) is 5.02. The molecule has 1 heterocycles. The largest absolute Gasteiger partial charge is 0.493 e. The molecular weight excluding hydrogens is 378 g/mol. The van der Waals surface area contributed by atoms with Gasteiger partial charge in [0.2, 0.25) is 5.78 Å². The molecule has 0 aliphatic carbocycles. The molecule has 5 nitrogen and oxygen atoms in total. The topological polar surface area (TPSA) is 57.5 Å². The molecule has 156 valence electrons. The Kier molecular flexibility index (Phi) is 7.07. The lowest BCUT2D eigenvalue weighted by atomic mass is 10.1. The van der Waals surface area contributed by atoms with Gasteiger partial charge in [-0.05, 0) is 44.5 Å². The monoisotopic (exact) mass is 405 g/mol. The molecule has 0 saturated carbocycles. The Morgan fingerprint density at radius 2 is 1.63 bits per heavy atom. The van der Waals surface area contributed by atoms with Crippen LogP contribution < -0.4 is 4.74 Å². The van der Waals surface area contributed by atoms with Crippen LogP contribution in [0.4, 0.5) is 0 Å². The summed E-state index contributed by atoms with van der Waals surface area (Å²) in [6.07, 6.45) is 0.0915. The van der Waals surface area contributed by atoms with Gasteiger partial charge in [0.15, 0.2) is 6.61 Å². The first-order valence-electron chi connectivity index (χ1n) is 10.0. The van der Waals surface area contributed by atoms with Gasteiger partial charge in [-0.15, -0.1) is 0 Å². The summed E-state index contributed by atoms with van der Waals surface area (Å²) in [7, 11) is 0. The smallest absolute Gasteiger partial charge is 0.309 e. The molecule has 0 unspecified atom stereocenters. The first kappa shape index (κ1) is 21.4. The van der Waals surface area contributed by atoms with E-state index in [9.17, 15) is 9.59 Å². The van der Waals surface area contributed by atoms with Crippen LogP contribution in [-0.2, 0) is 16.1 Å². The summed E-state index contributed by atoms with van der Waals surface area (Å²) in [4.78, 5) is 24.6. The molecule has 3 rings (SSSR count). The lowest BCUT2D eigenvalue weighted by molar-refractivity contribution is -0.143. The van der Waals surface area contributed by atoms with Crippen molar-refractivity contribution in [3.63, 3.8) is 0 Å². The first-order chi connectivity index (χ1) is 14.4. The lowest BCUT2D eigenvalue weighted by Crippen LogP contribution is -2.16. The number of aromatic nitrogens is 1. The van der Waals surface area contributed by atoms with E-state index in [4.69, 9.17) is 9.47 Å². The van der Waals surface area contributed by atoms with Crippen molar-refractivity contribution in [3.05, 3.63) is 88.7 Å². The van der Waals surface area contributed by atoms with Crippen LogP contribution in [0.15, 0.2) is 60.7 Å². The highest BCUT2D eigenvalue weighted by molar-refractivity contribution is 5.99. The predicted octanol–water partition coefficient (Wildman–Crippen LogP) is 4.66. The maximum absolute atomic E-state index is 12.6. The predicted molar refractivity (Wildman–Crippen MR) is 116 cm³/mol. The molecule has 0 N–H and O–H groups in total. The summed E-state index contributed by atoms with van der Waals surface area (Å²) in [5, 5.41) is 0. The van der Waals surface area contributed by atoms with Crippen molar-refractivity contribution in [2.24, 2.45) is 0 Å². The number of hydrogen-bond acceptors (Lipinski definition) is 4. The van der Waals surface area contributed by atoms with Gasteiger partial charge in [-0.1, -0.05) is 48.0 Å². The zero-order valence-corrected chi connectivity index (χ0v) is 17.7. The van der Waals surface area contributed by atoms with Gasteiger partial charge in [0.25, 0.3) is 0 Å². The fourth-order valence-electron chi connectivity index (χ4n) is 3.28. The van der Waals surface area contributed by atoms with E-state index in [-0.39, 0.29) is 25.4 Å². The minimum atomic E-state index is -0.450. The second kappa shape index (κ2) is 9.92. The van der Waals surface area contributed by atoms with Gasteiger partial charge in [-0.3, -0.25) is 9.59 Å². The second-order valence-corrected chi connectivity index (χ2v) is 7.35. The Morgan fingerprint density at radius 1 is 0.933 bits per heavy atom. The molecule has 0 radical (unpaired) electrons. The number of aryl methyl sites for hydroxylation is 2. The lowest BCUT2D eigenvalue weighted by Gasteiger charge is -2.10. The van der Waals surface area contributed by atoms with E-state index >= 15 is 0 Å². The Hall–Kier alpha value is -3.34. The van der Waals surface area contributed by atoms with Gasteiger partial charge >= 0.3 is 5.97 Å². The van der Waals surface area contributed by atoms with Crippen LogP contribution in [0.25, 0.3) is 0 Å². The number of ether oxygens (including phenoxy) is 2. The summed E-state index contributed by atoms with van der Waals surface area (Å²) in [6, 6.07) is 19.5. The third-order valence-corrected chi connectivity index (χ3v) is 5.02. The highest BCUT2D eigenvalue weighted by atomic mass is 16.5. The van der Waals surface area contributed by atoms with Gasteiger partial charge in [0.05, 0.1) is 13.0 Å². The fourth-order valence-corrected chi connectivity index (χ4v) is 3.28. The Balaban J connectivity index is 1.50. The Bertz CT molecular complexity index is 1000. The summed E-state index contributed by atoms with van der Waals surface area (Å²) >= 11 is 0. The molecule has 0 atom stereocenters. The van der Waals surface area contributed by atoms with Crippen molar-refractivity contribution in [2.45, 2.75) is 33.7 Å². The molecule has 30 heavy (non-hydrogen) atoms. The normalized spacial score (nSPS) is 10.6. The number of ketones is 1. The summed E-state index contributed by atoms with van der Waals surface area (Å²) in [6.45, 7) is 6.53. The molecule has 5 heteroatoms. The molecule has 0 saturated heterocycles. The van der Waals surface area contributed by atoms with E-state index in [1.807, 2.05) is 69.3 Å². The highest BCUT2D eigenvalue weighted by Gasteiger charge is 2.17. The SMILES string of the molecule is Cc1ccc(OCCC(=O)OCC(=O)c2cc(C)n(Cc3ccccc3)c2C)cc1. The van der Waals surface area contributed by atoms with Gasteiger partial charge in [0, 0.05) is 23.5 Å². The van der Waals surface area contributed by atoms with Crippen LogP contribution in [0.5, 0.6) is 5.75 Å². The number of nitrogens with zero attached hydrogens (tertiary/aromatic N) is 1.